The molecule has 0 radical (unpaired) electrons. The van der Waals surface area contributed by atoms with E-state index in [4.69, 9.17) is 9.72 Å². The molecule has 20 heavy (non-hydrogen) atoms. The molecule has 0 aliphatic carbocycles. The molecule has 2 heterocycles. The molecule has 1 N–H and O–H groups in total. The van der Waals surface area contributed by atoms with E-state index in [9.17, 15) is 0 Å². The number of para-hydroxylation sites is 1. The summed E-state index contributed by atoms with van der Waals surface area (Å²) in [6.07, 6.45) is 1.73. The molecule has 0 saturated heterocycles. The van der Waals surface area contributed by atoms with Gasteiger partial charge in [-0.05, 0) is 31.5 Å². The highest BCUT2D eigenvalue weighted by atomic mass is 16.5. The molecule has 1 aliphatic heterocycles. The minimum Gasteiger partial charge on any atom is -0.496 e. The molecule has 4 nitrogen and oxygen atoms in total. The topological polar surface area (TPSA) is 47.0 Å². The smallest absolute Gasteiger partial charge is 0.133 e. The van der Waals surface area contributed by atoms with Crippen molar-refractivity contribution in [3.63, 3.8) is 0 Å². The van der Waals surface area contributed by atoms with Crippen molar-refractivity contribution in [1.82, 2.24) is 15.3 Å². The molecule has 1 aromatic heterocycles. The Balaban J connectivity index is 1.93. The fourth-order valence-electron chi connectivity index (χ4n) is 2.71. The van der Waals surface area contributed by atoms with Crippen LogP contribution in [0.15, 0.2) is 24.3 Å². The van der Waals surface area contributed by atoms with Crippen molar-refractivity contribution >= 4 is 0 Å². The first-order valence-electron chi connectivity index (χ1n) is 6.96. The molecule has 0 bridgehead atoms. The molecule has 3 rings (SSSR count). The predicted octanol–water partition coefficient (Wildman–Crippen LogP) is 2.03. The minimum atomic E-state index is 0.706. The van der Waals surface area contributed by atoms with Crippen molar-refractivity contribution in [2.24, 2.45) is 0 Å². The predicted molar refractivity (Wildman–Crippen MR) is 78.0 cm³/mol. The summed E-state index contributed by atoms with van der Waals surface area (Å²) in [7, 11) is 1.70. The number of hydrogen-bond donors (Lipinski definition) is 1. The lowest BCUT2D eigenvalue weighted by Crippen LogP contribution is -2.26. The number of aryl methyl sites for hydroxylation is 1. The SMILES string of the molecule is COc1ccccc1Cc1nc(C)c2c(n1)CNCC2. The van der Waals surface area contributed by atoms with Crippen molar-refractivity contribution in [3.8, 4) is 5.75 Å². The maximum Gasteiger partial charge on any atom is 0.133 e. The van der Waals surface area contributed by atoms with Gasteiger partial charge in [0.1, 0.15) is 11.6 Å². The van der Waals surface area contributed by atoms with Crippen molar-refractivity contribution < 1.29 is 4.74 Å². The van der Waals surface area contributed by atoms with E-state index in [1.807, 2.05) is 18.2 Å². The lowest BCUT2D eigenvalue weighted by atomic mass is 10.0. The van der Waals surface area contributed by atoms with Crippen LogP contribution < -0.4 is 10.1 Å². The Bertz CT molecular complexity index is 625. The van der Waals surface area contributed by atoms with Gasteiger partial charge in [0.2, 0.25) is 0 Å². The maximum atomic E-state index is 5.39. The van der Waals surface area contributed by atoms with Crippen LogP contribution >= 0.6 is 0 Å². The molecule has 0 atom stereocenters. The van der Waals surface area contributed by atoms with Gasteiger partial charge in [0.05, 0.1) is 12.8 Å². The van der Waals surface area contributed by atoms with Gasteiger partial charge in [-0.25, -0.2) is 9.97 Å². The molecule has 1 aromatic carbocycles. The van der Waals surface area contributed by atoms with Gasteiger partial charge in [-0.3, -0.25) is 0 Å². The molecule has 0 amide bonds. The molecule has 4 heteroatoms. The number of fused-ring (bicyclic) bond motifs is 1. The molecular formula is C16H19N3O. The van der Waals surface area contributed by atoms with Gasteiger partial charge in [0.15, 0.2) is 0 Å². The summed E-state index contributed by atoms with van der Waals surface area (Å²) in [6.45, 7) is 3.94. The Kier molecular flexibility index (Phi) is 3.65. The van der Waals surface area contributed by atoms with Crippen LogP contribution in [0.3, 0.4) is 0 Å². The summed E-state index contributed by atoms with van der Waals surface area (Å²) in [4.78, 5) is 9.38. The van der Waals surface area contributed by atoms with Crippen LogP contribution in [0.4, 0.5) is 0 Å². The van der Waals surface area contributed by atoms with Crippen LogP contribution in [0.1, 0.15) is 28.3 Å². The van der Waals surface area contributed by atoms with Gasteiger partial charge in [0, 0.05) is 24.2 Å². The number of methoxy groups -OCH3 is 1. The van der Waals surface area contributed by atoms with Gasteiger partial charge in [-0.1, -0.05) is 18.2 Å². The fraction of sp³-hybridized carbons (Fsp3) is 0.375. The summed E-state index contributed by atoms with van der Waals surface area (Å²) < 4.78 is 5.39. The molecule has 104 valence electrons. The van der Waals surface area contributed by atoms with E-state index >= 15 is 0 Å². The van der Waals surface area contributed by atoms with Gasteiger partial charge in [-0.15, -0.1) is 0 Å². The summed E-state index contributed by atoms with van der Waals surface area (Å²) in [5.41, 5.74) is 4.70. The minimum absolute atomic E-state index is 0.706. The van der Waals surface area contributed by atoms with Crippen molar-refractivity contribution in [3.05, 3.63) is 52.6 Å². The highest BCUT2D eigenvalue weighted by molar-refractivity contribution is 5.36. The Morgan fingerprint density at radius 1 is 1.25 bits per heavy atom. The third-order valence-corrected chi connectivity index (χ3v) is 3.73. The standard InChI is InChI=1S/C16H19N3O/c1-11-13-7-8-17-10-14(13)19-16(18-11)9-12-5-3-4-6-15(12)20-2/h3-6,17H,7-10H2,1-2H3. The second kappa shape index (κ2) is 5.59. The third-order valence-electron chi connectivity index (χ3n) is 3.73. The normalized spacial score (nSPS) is 13.9. The zero-order valence-electron chi connectivity index (χ0n) is 11.9. The number of ether oxygens (including phenoxy) is 1. The monoisotopic (exact) mass is 269 g/mol. The van der Waals surface area contributed by atoms with E-state index < -0.39 is 0 Å². The number of rotatable bonds is 3. The summed E-state index contributed by atoms with van der Waals surface area (Å²) >= 11 is 0. The highest BCUT2D eigenvalue weighted by Crippen LogP contribution is 2.21. The van der Waals surface area contributed by atoms with Crippen molar-refractivity contribution in [2.75, 3.05) is 13.7 Å². The van der Waals surface area contributed by atoms with E-state index in [0.29, 0.717) is 6.42 Å². The number of aromatic nitrogens is 2. The van der Waals surface area contributed by atoms with Crippen LogP contribution in [0.25, 0.3) is 0 Å². The van der Waals surface area contributed by atoms with E-state index in [1.165, 1.54) is 5.56 Å². The largest absolute Gasteiger partial charge is 0.496 e. The van der Waals surface area contributed by atoms with Gasteiger partial charge >= 0.3 is 0 Å². The second-order valence-electron chi connectivity index (χ2n) is 5.07. The van der Waals surface area contributed by atoms with Crippen LogP contribution in [0.5, 0.6) is 5.75 Å². The summed E-state index contributed by atoms with van der Waals surface area (Å²) in [5.74, 6) is 1.76. The Hall–Kier alpha value is -1.94. The van der Waals surface area contributed by atoms with E-state index in [-0.39, 0.29) is 0 Å². The fourth-order valence-corrected chi connectivity index (χ4v) is 2.71. The highest BCUT2D eigenvalue weighted by Gasteiger charge is 2.15. The molecular weight excluding hydrogens is 250 g/mol. The quantitative estimate of drug-likeness (QED) is 0.926. The Morgan fingerprint density at radius 3 is 2.95 bits per heavy atom. The first kappa shape index (κ1) is 13.1. The van der Waals surface area contributed by atoms with Gasteiger partial charge in [0.25, 0.3) is 0 Å². The zero-order chi connectivity index (χ0) is 13.9. The number of benzene rings is 1. The molecule has 1 aliphatic rings. The van der Waals surface area contributed by atoms with Crippen LogP contribution in [0.2, 0.25) is 0 Å². The summed E-state index contributed by atoms with van der Waals surface area (Å²) in [6, 6.07) is 8.03. The number of hydrogen-bond acceptors (Lipinski definition) is 4. The third kappa shape index (κ3) is 2.51. The Morgan fingerprint density at radius 2 is 2.10 bits per heavy atom. The number of nitrogens with one attached hydrogen (secondary N) is 1. The average Bonchev–Trinajstić information content (AvgIpc) is 2.48. The second-order valence-corrected chi connectivity index (χ2v) is 5.07. The van der Waals surface area contributed by atoms with Crippen molar-refractivity contribution in [2.45, 2.75) is 26.3 Å². The van der Waals surface area contributed by atoms with E-state index in [2.05, 4.69) is 23.3 Å². The first-order valence-corrected chi connectivity index (χ1v) is 6.96. The molecule has 0 spiro atoms. The zero-order valence-corrected chi connectivity index (χ0v) is 11.9. The van der Waals surface area contributed by atoms with Gasteiger partial charge < -0.3 is 10.1 Å². The van der Waals surface area contributed by atoms with Crippen LogP contribution in [0, 0.1) is 6.92 Å². The van der Waals surface area contributed by atoms with E-state index in [0.717, 1.165) is 48.0 Å². The maximum absolute atomic E-state index is 5.39. The molecule has 0 unspecified atom stereocenters. The van der Waals surface area contributed by atoms with Crippen LogP contribution in [-0.4, -0.2) is 23.6 Å². The lowest BCUT2D eigenvalue weighted by Gasteiger charge is -2.18. The van der Waals surface area contributed by atoms with Gasteiger partial charge in [-0.2, -0.15) is 0 Å². The lowest BCUT2D eigenvalue weighted by molar-refractivity contribution is 0.410. The molecule has 0 fully saturated rings. The summed E-state index contributed by atoms with van der Waals surface area (Å²) in [5, 5.41) is 3.37. The van der Waals surface area contributed by atoms with E-state index in [1.54, 1.807) is 7.11 Å². The van der Waals surface area contributed by atoms with Crippen LogP contribution in [-0.2, 0) is 19.4 Å². The first-order chi connectivity index (χ1) is 9.78. The molecule has 0 saturated carbocycles. The Labute approximate surface area is 119 Å². The van der Waals surface area contributed by atoms with Crippen molar-refractivity contribution in [1.29, 1.82) is 0 Å². The average molecular weight is 269 g/mol. The molecule has 2 aromatic rings. The number of nitrogens with zero attached hydrogens (tertiary/aromatic N) is 2.